The lowest BCUT2D eigenvalue weighted by atomic mass is 9.81. The van der Waals surface area contributed by atoms with Gasteiger partial charge in [0.15, 0.2) is 5.49 Å². The first kappa shape index (κ1) is 23.7. The Bertz CT molecular complexity index is 1290. The number of hydrogen-bond donors (Lipinski definition) is 2. The van der Waals surface area contributed by atoms with Crippen LogP contribution in [0, 0.1) is 12.7 Å². The number of rotatable bonds is 4. The Hall–Kier alpha value is -2.98. The van der Waals surface area contributed by atoms with Crippen molar-refractivity contribution >= 4 is 5.82 Å². The van der Waals surface area contributed by atoms with Gasteiger partial charge in [-0.2, -0.15) is 0 Å². The number of anilines is 1. The van der Waals surface area contributed by atoms with Gasteiger partial charge in [0.25, 0.3) is 6.43 Å². The summed E-state index contributed by atoms with van der Waals surface area (Å²) in [6.07, 6.45) is -1.27. The molecule has 0 bridgehead atoms. The minimum atomic E-state index is -2.89. The standard InChI is InChI=1S/C25H30F3N7/c1-14(16-5-4-6-17(20(16)26)21(27)28)31-22-18-13-19(25(29)7-10-34(3)11-8-25)24-30-9-12-35(24)23(18)33-15(2)32-22/h4-6,13-14,21,30H,7-12,29H2,1-3H3/t14-/m1/s1. The van der Waals surface area contributed by atoms with Crippen LogP contribution in [-0.4, -0.2) is 46.1 Å². The highest BCUT2D eigenvalue weighted by molar-refractivity contribution is 5.67. The molecule has 3 N–H and O–H groups in total. The number of pyridine rings is 1. The number of alkyl halides is 2. The summed E-state index contributed by atoms with van der Waals surface area (Å²) in [4.78, 5) is 16.2. The number of halogens is 3. The average molecular weight is 486 g/mol. The van der Waals surface area contributed by atoms with Crippen molar-refractivity contribution in [2.24, 2.45) is 10.7 Å². The molecule has 1 aromatic carbocycles. The van der Waals surface area contributed by atoms with E-state index in [1.54, 1.807) is 13.8 Å². The van der Waals surface area contributed by atoms with E-state index in [-0.39, 0.29) is 5.56 Å². The van der Waals surface area contributed by atoms with Gasteiger partial charge in [-0.25, -0.2) is 23.1 Å². The highest BCUT2D eigenvalue weighted by atomic mass is 19.3. The van der Waals surface area contributed by atoms with Crippen LogP contribution in [0.25, 0.3) is 11.4 Å². The number of nitrogens with one attached hydrogen (secondary N) is 1. The van der Waals surface area contributed by atoms with Gasteiger partial charge in [0.05, 0.1) is 17.2 Å². The molecule has 186 valence electrons. The maximum atomic E-state index is 14.8. The highest BCUT2D eigenvalue weighted by Gasteiger charge is 2.37. The van der Waals surface area contributed by atoms with E-state index in [9.17, 15) is 13.2 Å². The Morgan fingerprint density at radius 1 is 1.14 bits per heavy atom. The Kier molecular flexibility index (Phi) is 6.04. The van der Waals surface area contributed by atoms with Gasteiger partial charge in [0, 0.05) is 29.8 Å². The number of likely N-dealkylation sites (tertiary alicyclic amines) is 1. The zero-order valence-electron chi connectivity index (χ0n) is 20.2. The van der Waals surface area contributed by atoms with Crippen molar-refractivity contribution in [1.29, 1.82) is 0 Å². The molecule has 4 aliphatic rings. The second-order valence-corrected chi connectivity index (χ2v) is 9.63. The van der Waals surface area contributed by atoms with Crippen molar-refractivity contribution in [3.05, 3.63) is 58.1 Å². The van der Waals surface area contributed by atoms with Crippen LogP contribution in [0.3, 0.4) is 0 Å². The van der Waals surface area contributed by atoms with Crippen LogP contribution in [0.1, 0.15) is 54.7 Å². The third-order valence-electron chi connectivity index (χ3n) is 7.19. The number of nitrogens with two attached hydrogens (primary N) is 1. The number of piperidine rings is 1. The molecular formula is C25H30F3N7. The third-order valence-corrected chi connectivity index (χ3v) is 7.19. The molecule has 5 rings (SSSR count). The molecule has 35 heavy (non-hydrogen) atoms. The smallest absolute Gasteiger partial charge is 0.266 e. The second kappa shape index (κ2) is 8.91. The van der Waals surface area contributed by atoms with Crippen molar-refractivity contribution in [1.82, 2.24) is 19.4 Å². The molecule has 0 saturated carbocycles. The fourth-order valence-electron chi connectivity index (χ4n) is 5.12. The molecule has 10 heteroatoms. The van der Waals surface area contributed by atoms with E-state index in [0.29, 0.717) is 11.3 Å². The predicted octanol–water partition coefficient (Wildman–Crippen LogP) is 3.74. The molecule has 4 aliphatic heterocycles. The summed E-state index contributed by atoms with van der Waals surface area (Å²) in [5.74, 6) is 1.30. The van der Waals surface area contributed by atoms with Crippen molar-refractivity contribution in [2.45, 2.75) is 51.2 Å². The number of fused-ring (bicyclic) bond motifs is 3. The quantitative estimate of drug-likeness (QED) is 0.588. The fourth-order valence-corrected chi connectivity index (χ4v) is 5.12. The van der Waals surface area contributed by atoms with Crippen LogP contribution in [0.4, 0.5) is 19.0 Å². The topological polar surface area (TPSA) is 84.4 Å². The van der Waals surface area contributed by atoms with Gasteiger partial charge in [-0.3, -0.25) is 4.99 Å². The number of benzene rings is 1. The molecule has 4 heterocycles. The van der Waals surface area contributed by atoms with Gasteiger partial charge in [0.1, 0.15) is 23.3 Å². The van der Waals surface area contributed by atoms with Gasteiger partial charge in [-0.15, -0.1) is 0 Å². The van der Waals surface area contributed by atoms with Crippen molar-refractivity contribution in [3.8, 4) is 11.4 Å². The van der Waals surface area contributed by atoms with Crippen molar-refractivity contribution < 1.29 is 13.2 Å². The van der Waals surface area contributed by atoms with Crippen LogP contribution in [0.5, 0.6) is 0 Å². The molecule has 0 unspecified atom stereocenters. The molecule has 1 aromatic rings. The lowest BCUT2D eigenvalue weighted by Gasteiger charge is -2.39. The number of aryl methyl sites for hydroxylation is 1. The van der Waals surface area contributed by atoms with Crippen LogP contribution >= 0.6 is 0 Å². The van der Waals surface area contributed by atoms with Crippen LogP contribution in [0.2, 0.25) is 0 Å². The Morgan fingerprint density at radius 2 is 1.86 bits per heavy atom. The zero-order chi connectivity index (χ0) is 24.9. The van der Waals surface area contributed by atoms with E-state index in [2.05, 4.69) is 26.8 Å². The Balaban J connectivity index is 1.68. The SMILES string of the molecule is Cc1nc2n3c(c(C4(N)CCN(C)CC4)cc-2c(=N[C@H](C)c2cccc(C(F)F)c2F)n1)NCC3. The lowest BCUT2D eigenvalue weighted by Crippen LogP contribution is -2.47. The molecular weight excluding hydrogens is 455 g/mol. The summed E-state index contributed by atoms with van der Waals surface area (Å²) < 4.78 is 43.5. The minimum Gasteiger partial charge on any atom is -0.369 e. The summed E-state index contributed by atoms with van der Waals surface area (Å²) >= 11 is 0. The highest BCUT2D eigenvalue weighted by Crippen LogP contribution is 2.39. The fraction of sp³-hybridized carbons (Fsp3) is 0.480. The summed E-state index contributed by atoms with van der Waals surface area (Å²) in [6, 6.07) is 5.31. The molecule has 0 amide bonds. The van der Waals surface area contributed by atoms with E-state index in [1.807, 2.05) is 6.07 Å². The average Bonchev–Trinajstić information content (AvgIpc) is 3.31. The first-order valence-electron chi connectivity index (χ1n) is 11.9. The van der Waals surface area contributed by atoms with Gasteiger partial charge in [-0.1, -0.05) is 18.2 Å². The van der Waals surface area contributed by atoms with Crippen LogP contribution in [0.15, 0.2) is 29.3 Å². The van der Waals surface area contributed by atoms with E-state index in [1.165, 1.54) is 12.1 Å². The largest absolute Gasteiger partial charge is 0.369 e. The molecule has 7 nitrogen and oxygen atoms in total. The van der Waals surface area contributed by atoms with E-state index < -0.39 is 29.4 Å². The molecule has 0 aromatic heterocycles. The zero-order valence-corrected chi connectivity index (χ0v) is 20.2. The lowest BCUT2D eigenvalue weighted by molar-refractivity contribution is 0.146. The maximum absolute atomic E-state index is 14.8. The monoisotopic (exact) mass is 485 g/mol. The van der Waals surface area contributed by atoms with Gasteiger partial charge < -0.3 is 20.5 Å². The van der Waals surface area contributed by atoms with E-state index >= 15 is 0 Å². The molecule has 1 atom stereocenters. The summed E-state index contributed by atoms with van der Waals surface area (Å²) in [5, 5.41) is 3.48. The summed E-state index contributed by atoms with van der Waals surface area (Å²) in [5.41, 5.74) is 8.06. The summed E-state index contributed by atoms with van der Waals surface area (Å²) in [6.45, 7) is 6.75. The van der Waals surface area contributed by atoms with Crippen LogP contribution in [-0.2, 0) is 12.1 Å². The Morgan fingerprint density at radius 3 is 2.57 bits per heavy atom. The molecule has 1 fully saturated rings. The number of aromatic nitrogens is 3. The van der Waals surface area contributed by atoms with Crippen LogP contribution < -0.4 is 16.5 Å². The van der Waals surface area contributed by atoms with Crippen molar-refractivity contribution in [3.63, 3.8) is 0 Å². The minimum absolute atomic E-state index is 0.105. The van der Waals surface area contributed by atoms with Gasteiger partial charge in [0.2, 0.25) is 0 Å². The normalized spacial score (nSPS) is 19.3. The summed E-state index contributed by atoms with van der Waals surface area (Å²) in [7, 11) is 2.09. The second-order valence-electron chi connectivity index (χ2n) is 9.63. The van der Waals surface area contributed by atoms with Gasteiger partial charge in [-0.05, 0) is 52.9 Å². The molecule has 1 saturated heterocycles. The molecule has 0 spiro atoms. The first-order valence-corrected chi connectivity index (χ1v) is 11.9. The molecule has 0 radical (unpaired) electrons. The predicted molar refractivity (Wildman–Crippen MR) is 128 cm³/mol. The van der Waals surface area contributed by atoms with E-state index in [4.69, 9.17) is 15.7 Å². The van der Waals surface area contributed by atoms with Gasteiger partial charge >= 0.3 is 0 Å². The van der Waals surface area contributed by atoms with E-state index in [0.717, 1.165) is 67.9 Å². The third kappa shape index (κ3) is 4.18. The Labute approximate surface area is 202 Å². The van der Waals surface area contributed by atoms with Crippen molar-refractivity contribution in [2.75, 3.05) is 32.0 Å². The first-order chi connectivity index (χ1) is 16.7. The molecule has 0 aliphatic carbocycles. The maximum Gasteiger partial charge on any atom is 0.266 e. The number of hydrogen-bond acceptors (Lipinski definition) is 6. The number of nitrogens with zero attached hydrogens (tertiary/aromatic N) is 5.